The molecule has 0 saturated heterocycles. The number of aliphatic hydroxyl groups excluding tert-OH is 1. The van der Waals surface area contributed by atoms with Crippen molar-refractivity contribution in [1.82, 2.24) is 0 Å². The lowest BCUT2D eigenvalue weighted by atomic mass is 10.0. The number of rotatable bonds is 21. The van der Waals surface area contributed by atoms with Crippen LogP contribution in [0.3, 0.4) is 0 Å². The molecule has 1 nitrogen and oxygen atoms in total. The smallest absolute Gasteiger partial charge is 0.0431 e. The summed E-state index contributed by atoms with van der Waals surface area (Å²) in [5.74, 6) is 0. The van der Waals surface area contributed by atoms with Crippen LogP contribution in [0.1, 0.15) is 135 Å². The summed E-state index contributed by atoms with van der Waals surface area (Å²) in [7, 11) is 0. The molecule has 0 aliphatic rings. The Morgan fingerprint density at radius 2 is 0.760 bits per heavy atom. The Balaban J connectivity index is 3.03. The van der Waals surface area contributed by atoms with Crippen LogP contribution in [0.4, 0.5) is 0 Å². The van der Waals surface area contributed by atoms with Gasteiger partial charge in [-0.25, -0.2) is 0 Å². The summed E-state index contributed by atoms with van der Waals surface area (Å²) in [6.07, 6.45) is 32.1. The van der Waals surface area contributed by atoms with Gasteiger partial charge >= 0.3 is 0 Å². The molecule has 0 aromatic rings. The second-order valence-electron chi connectivity index (χ2n) is 7.78. The molecule has 0 fully saturated rings. The summed E-state index contributed by atoms with van der Waals surface area (Å²) < 4.78 is 0. The molecule has 0 unspecified atom stereocenters. The van der Waals surface area contributed by atoms with Crippen LogP contribution in [0.25, 0.3) is 0 Å². The van der Waals surface area contributed by atoms with Crippen molar-refractivity contribution in [2.45, 2.75) is 135 Å². The van der Waals surface area contributed by atoms with Gasteiger partial charge in [-0.15, -0.1) is 0 Å². The Morgan fingerprint density at radius 1 is 0.440 bits per heavy atom. The standard InChI is InChI=1S/C24H48O/c1-2-3-4-5-6-7-8-9-10-11-12-13-14-15-16-17-18-19-20-21-22-23-24-25/h9-10,25H,2-8,11-24H2,1H3. The highest BCUT2D eigenvalue weighted by Gasteiger charge is 1.93. The molecular formula is C24H48O. The van der Waals surface area contributed by atoms with Gasteiger partial charge in [-0.3, -0.25) is 0 Å². The Labute approximate surface area is 159 Å². The first-order chi connectivity index (χ1) is 12.4. The Bertz CT molecular complexity index is 246. The minimum atomic E-state index is 0.370. The largest absolute Gasteiger partial charge is 0.396 e. The zero-order valence-electron chi connectivity index (χ0n) is 17.5. The second kappa shape index (κ2) is 23.7. The number of aliphatic hydroxyl groups is 1. The Morgan fingerprint density at radius 3 is 1.12 bits per heavy atom. The highest BCUT2D eigenvalue weighted by Crippen LogP contribution is 2.13. The van der Waals surface area contributed by atoms with Crippen LogP contribution in [0, 0.1) is 0 Å². The fourth-order valence-electron chi connectivity index (χ4n) is 3.42. The molecule has 25 heavy (non-hydrogen) atoms. The number of allylic oxidation sites excluding steroid dienone is 2. The summed E-state index contributed by atoms with van der Waals surface area (Å²) in [4.78, 5) is 0. The molecule has 0 aliphatic carbocycles. The average molecular weight is 353 g/mol. The molecule has 0 amide bonds. The van der Waals surface area contributed by atoms with E-state index in [0.717, 1.165) is 6.42 Å². The van der Waals surface area contributed by atoms with Gasteiger partial charge in [0.2, 0.25) is 0 Å². The van der Waals surface area contributed by atoms with Crippen molar-refractivity contribution in [3.63, 3.8) is 0 Å². The maximum Gasteiger partial charge on any atom is 0.0431 e. The fourth-order valence-corrected chi connectivity index (χ4v) is 3.42. The Kier molecular flexibility index (Phi) is 23.4. The van der Waals surface area contributed by atoms with Crippen molar-refractivity contribution >= 4 is 0 Å². The lowest BCUT2D eigenvalue weighted by Crippen LogP contribution is -1.84. The van der Waals surface area contributed by atoms with Crippen LogP contribution in [0.2, 0.25) is 0 Å². The molecule has 0 aromatic heterocycles. The third kappa shape index (κ3) is 23.7. The van der Waals surface area contributed by atoms with Gasteiger partial charge in [-0.1, -0.05) is 115 Å². The highest BCUT2D eigenvalue weighted by atomic mass is 16.2. The zero-order valence-corrected chi connectivity index (χ0v) is 17.5. The summed E-state index contributed by atoms with van der Waals surface area (Å²) in [5, 5.41) is 8.72. The fraction of sp³-hybridized carbons (Fsp3) is 0.917. The molecule has 0 aliphatic heterocycles. The quantitative estimate of drug-likeness (QED) is 0.162. The molecule has 0 radical (unpaired) electrons. The van der Waals surface area contributed by atoms with Gasteiger partial charge in [0.1, 0.15) is 0 Å². The lowest BCUT2D eigenvalue weighted by molar-refractivity contribution is 0.282. The van der Waals surface area contributed by atoms with Crippen molar-refractivity contribution < 1.29 is 5.11 Å². The molecule has 0 heterocycles. The van der Waals surface area contributed by atoms with Crippen molar-refractivity contribution in [2.75, 3.05) is 6.61 Å². The van der Waals surface area contributed by atoms with Gasteiger partial charge in [0.05, 0.1) is 0 Å². The molecule has 0 bridgehead atoms. The molecule has 150 valence electrons. The Hall–Kier alpha value is -0.300. The first-order valence-corrected chi connectivity index (χ1v) is 11.7. The number of hydrogen-bond donors (Lipinski definition) is 1. The average Bonchev–Trinajstić information content (AvgIpc) is 2.63. The van der Waals surface area contributed by atoms with E-state index in [9.17, 15) is 0 Å². The normalized spacial score (nSPS) is 11.6. The van der Waals surface area contributed by atoms with E-state index in [1.54, 1.807) is 0 Å². The third-order valence-electron chi connectivity index (χ3n) is 5.17. The monoisotopic (exact) mass is 352 g/mol. The maximum atomic E-state index is 8.72. The van der Waals surface area contributed by atoms with E-state index in [1.807, 2.05) is 0 Å². The van der Waals surface area contributed by atoms with E-state index < -0.39 is 0 Å². The first-order valence-electron chi connectivity index (χ1n) is 11.7. The van der Waals surface area contributed by atoms with E-state index in [1.165, 1.54) is 122 Å². The minimum absolute atomic E-state index is 0.370. The van der Waals surface area contributed by atoms with Gasteiger partial charge in [-0.05, 0) is 32.1 Å². The summed E-state index contributed by atoms with van der Waals surface area (Å²) >= 11 is 0. The van der Waals surface area contributed by atoms with Crippen LogP contribution in [0.15, 0.2) is 12.2 Å². The molecule has 1 heteroatoms. The topological polar surface area (TPSA) is 20.2 Å². The number of hydrogen-bond acceptors (Lipinski definition) is 1. The van der Waals surface area contributed by atoms with Crippen LogP contribution in [-0.2, 0) is 0 Å². The van der Waals surface area contributed by atoms with Gasteiger partial charge in [0.15, 0.2) is 0 Å². The summed E-state index contributed by atoms with van der Waals surface area (Å²) in [5.41, 5.74) is 0. The predicted octanol–water partition coefficient (Wildman–Crippen LogP) is 8.36. The zero-order chi connectivity index (χ0) is 18.3. The predicted molar refractivity (Wildman–Crippen MR) is 114 cm³/mol. The third-order valence-corrected chi connectivity index (χ3v) is 5.17. The van der Waals surface area contributed by atoms with E-state index >= 15 is 0 Å². The van der Waals surface area contributed by atoms with Crippen LogP contribution >= 0.6 is 0 Å². The summed E-state index contributed by atoms with van der Waals surface area (Å²) in [6, 6.07) is 0. The molecule has 0 saturated carbocycles. The van der Waals surface area contributed by atoms with Crippen LogP contribution in [0.5, 0.6) is 0 Å². The van der Waals surface area contributed by atoms with E-state index in [2.05, 4.69) is 19.1 Å². The summed E-state index contributed by atoms with van der Waals surface area (Å²) in [6.45, 7) is 2.65. The highest BCUT2D eigenvalue weighted by molar-refractivity contribution is 4.81. The second-order valence-corrected chi connectivity index (χ2v) is 7.78. The first kappa shape index (κ1) is 24.7. The molecule has 0 spiro atoms. The van der Waals surface area contributed by atoms with E-state index in [0.29, 0.717) is 6.61 Å². The lowest BCUT2D eigenvalue weighted by Gasteiger charge is -2.02. The van der Waals surface area contributed by atoms with Gasteiger partial charge in [0, 0.05) is 6.61 Å². The molecular weight excluding hydrogens is 304 g/mol. The molecule has 0 rings (SSSR count). The van der Waals surface area contributed by atoms with Crippen molar-refractivity contribution in [3.05, 3.63) is 12.2 Å². The molecule has 0 aromatic carbocycles. The minimum Gasteiger partial charge on any atom is -0.396 e. The SMILES string of the molecule is CCCCCCCCC=CCCCCCCCCCCCCCCO. The molecule has 1 N–H and O–H groups in total. The molecule has 0 atom stereocenters. The van der Waals surface area contributed by atoms with Crippen molar-refractivity contribution in [3.8, 4) is 0 Å². The van der Waals surface area contributed by atoms with E-state index in [4.69, 9.17) is 5.11 Å². The van der Waals surface area contributed by atoms with E-state index in [-0.39, 0.29) is 0 Å². The number of unbranched alkanes of at least 4 members (excludes halogenated alkanes) is 18. The van der Waals surface area contributed by atoms with Gasteiger partial charge < -0.3 is 5.11 Å². The van der Waals surface area contributed by atoms with Gasteiger partial charge in [-0.2, -0.15) is 0 Å². The van der Waals surface area contributed by atoms with Crippen molar-refractivity contribution in [1.29, 1.82) is 0 Å². The van der Waals surface area contributed by atoms with Crippen LogP contribution in [-0.4, -0.2) is 11.7 Å². The van der Waals surface area contributed by atoms with Crippen LogP contribution < -0.4 is 0 Å². The maximum absolute atomic E-state index is 8.72. The van der Waals surface area contributed by atoms with Gasteiger partial charge in [0.25, 0.3) is 0 Å². The van der Waals surface area contributed by atoms with Crippen molar-refractivity contribution in [2.24, 2.45) is 0 Å².